The Hall–Kier alpha value is -2.75. The lowest BCUT2D eigenvalue weighted by molar-refractivity contribution is -0.125. The molecule has 1 atom stereocenters. The van der Waals surface area contributed by atoms with Crippen molar-refractivity contribution >= 4 is 44.5 Å². The molecule has 1 aromatic heterocycles. The number of imidazole rings is 1. The van der Waals surface area contributed by atoms with Crippen LogP contribution in [-0.4, -0.2) is 53.3 Å². The Morgan fingerprint density at radius 2 is 2.20 bits per heavy atom. The summed E-state index contributed by atoms with van der Waals surface area (Å²) in [7, 11) is 0. The van der Waals surface area contributed by atoms with Crippen molar-refractivity contribution in [2.75, 3.05) is 31.3 Å². The molecular formula is C21H21BrN4O4. The van der Waals surface area contributed by atoms with E-state index in [1.807, 2.05) is 25.1 Å². The first-order chi connectivity index (χ1) is 14.5. The van der Waals surface area contributed by atoms with E-state index in [2.05, 4.69) is 31.2 Å². The van der Waals surface area contributed by atoms with Crippen molar-refractivity contribution in [2.45, 2.75) is 13.0 Å². The predicted molar refractivity (Wildman–Crippen MR) is 115 cm³/mol. The minimum absolute atomic E-state index is 0.0634. The molecule has 3 aromatic rings. The number of aryl methyl sites for hydroxylation is 1. The number of carbonyl (C=O) groups excluding carboxylic acids is 2. The van der Waals surface area contributed by atoms with Gasteiger partial charge in [0.2, 0.25) is 0 Å². The van der Waals surface area contributed by atoms with E-state index in [4.69, 9.17) is 4.74 Å². The Kier molecular flexibility index (Phi) is 5.85. The Morgan fingerprint density at radius 1 is 1.37 bits per heavy atom. The Bertz CT molecular complexity index is 1110. The molecule has 2 heterocycles. The van der Waals surface area contributed by atoms with Crippen molar-refractivity contribution in [1.82, 2.24) is 15.3 Å². The van der Waals surface area contributed by atoms with E-state index in [1.165, 1.54) is 0 Å². The highest BCUT2D eigenvalue weighted by molar-refractivity contribution is 9.10. The van der Waals surface area contributed by atoms with Crippen LogP contribution < -0.4 is 10.2 Å². The number of hydrogen-bond acceptors (Lipinski definition) is 5. The number of aromatic amines is 1. The number of fused-ring (bicyclic) bond motifs is 1. The van der Waals surface area contributed by atoms with Gasteiger partial charge in [0.25, 0.3) is 11.8 Å². The minimum Gasteiger partial charge on any atom is -0.394 e. The smallest absolute Gasteiger partial charge is 0.253 e. The molecule has 2 amide bonds. The summed E-state index contributed by atoms with van der Waals surface area (Å²) in [6, 6.07) is 10.1. The number of rotatable bonds is 5. The lowest BCUT2D eigenvalue weighted by atomic mass is 10.1. The quantitative estimate of drug-likeness (QED) is 0.528. The third-order valence-corrected chi connectivity index (χ3v) is 5.51. The van der Waals surface area contributed by atoms with E-state index >= 15 is 0 Å². The van der Waals surface area contributed by atoms with Crippen LogP contribution in [0, 0.1) is 6.92 Å². The van der Waals surface area contributed by atoms with Crippen LogP contribution in [-0.2, 0) is 9.53 Å². The van der Waals surface area contributed by atoms with E-state index in [1.54, 1.807) is 23.1 Å². The van der Waals surface area contributed by atoms with Crippen LogP contribution in [0.2, 0.25) is 0 Å². The van der Waals surface area contributed by atoms with Crippen molar-refractivity contribution in [2.24, 2.45) is 0 Å². The molecule has 0 bridgehead atoms. The molecule has 3 N–H and O–H groups in total. The minimum atomic E-state index is -0.676. The average molecular weight is 473 g/mol. The van der Waals surface area contributed by atoms with Gasteiger partial charge in [-0.1, -0.05) is 15.9 Å². The molecule has 1 saturated heterocycles. The first kappa shape index (κ1) is 20.5. The SMILES string of the molecule is Cc1cc(C(=O)NC(CO)c2nc3ccc(Br)cc3[nH]2)ccc1N1CCOCC1=O. The van der Waals surface area contributed by atoms with Gasteiger partial charge in [-0.15, -0.1) is 0 Å². The number of aliphatic hydroxyl groups is 1. The second kappa shape index (κ2) is 8.55. The zero-order valence-electron chi connectivity index (χ0n) is 16.3. The molecule has 0 spiro atoms. The van der Waals surface area contributed by atoms with E-state index in [9.17, 15) is 14.7 Å². The van der Waals surface area contributed by atoms with Gasteiger partial charge in [-0.05, 0) is 48.9 Å². The van der Waals surface area contributed by atoms with Gasteiger partial charge in [-0.2, -0.15) is 0 Å². The predicted octanol–water partition coefficient (Wildman–Crippen LogP) is 2.46. The monoisotopic (exact) mass is 472 g/mol. The zero-order valence-corrected chi connectivity index (χ0v) is 17.9. The molecule has 1 aliphatic heterocycles. The van der Waals surface area contributed by atoms with E-state index in [-0.39, 0.29) is 25.0 Å². The summed E-state index contributed by atoms with van der Waals surface area (Å²) in [6.07, 6.45) is 0. The molecule has 30 heavy (non-hydrogen) atoms. The van der Waals surface area contributed by atoms with Gasteiger partial charge < -0.3 is 25.0 Å². The zero-order chi connectivity index (χ0) is 21.3. The number of benzene rings is 2. The number of anilines is 1. The molecule has 0 radical (unpaired) electrons. The fourth-order valence-electron chi connectivity index (χ4n) is 3.48. The largest absolute Gasteiger partial charge is 0.394 e. The average Bonchev–Trinajstić information content (AvgIpc) is 3.15. The summed E-state index contributed by atoms with van der Waals surface area (Å²) in [4.78, 5) is 34.1. The van der Waals surface area contributed by atoms with Crippen LogP contribution >= 0.6 is 15.9 Å². The maximum Gasteiger partial charge on any atom is 0.253 e. The summed E-state index contributed by atoms with van der Waals surface area (Å²) < 4.78 is 6.08. The molecule has 0 saturated carbocycles. The Morgan fingerprint density at radius 3 is 2.93 bits per heavy atom. The van der Waals surface area contributed by atoms with Crippen LogP contribution in [0.4, 0.5) is 5.69 Å². The number of halogens is 1. The molecule has 2 aromatic carbocycles. The maximum atomic E-state index is 12.8. The van der Waals surface area contributed by atoms with Gasteiger partial charge in [0.1, 0.15) is 18.5 Å². The number of hydrogen-bond donors (Lipinski definition) is 3. The molecule has 4 rings (SSSR count). The summed E-state index contributed by atoms with van der Waals surface area (Å²) in [5, 5.41) is 12.6. The molecule has 9 heteroatoms. The van der Waals surface area contributed by atoms with Crippen LogP contribution in [0.1, 0.15) is 27.8 Å². The van der Waals surface area contributed by atoms with Gasteiger partial charge in [-0.3, -0.25) is 9.59 Å². The molecule has 1 aliphatic rings. The van der Waals surface area contributed by atoms with Crippen molar-refractivity contribution in [1.29, 1.82) is 0 Å². The highest BCUT2D eigenvalue weighted by Crippen LogP contribution is 2.24. The summed E-state index contributed by atoms with van der Waals surface area (Å²) in [6.45, 7) is 2.59. The van der Waals surface area contributed by atoms with Crippen molar-refractivity contribution in [3.8, 4) is 0 Å². The van der Waals surface area contributed by atoms with E-state index < -0.39 is 6.04 Å². The van der Waals surface area contributed by atoms with Crippen molar-refractivity contribution in [3.05, 3.63) is 57.8 Å². The molecule has 1 fully saturated rings. The van der Waals surface area contributed by atoms with Gasteiger partial charge in [0.05, 0.1) is 24.2 Å². The summed E-state index contributed by atoms with van der Waals surface area (Å²) in [5.74, 6) is 0.0447. The van der Waals surface area contributed by atoms with Crippen LogP contribution in [0.5, 0.6) is 0 Å². The highest BCUT2D eigenvalue weighted by Gasteiger charge is 2.23. The Labute approximate surface area is 181 Å². The second-order valence-electron chi connectivity index (χ2n) is 7.09. The molecule has 156 valence electrons. The molecular weight excluding hydrogens is 452 g/mol. The van der Waals surface area contributed by atoms with Crippen molar-refractivity contribution in [3.63, 3.8) is 0 Å². The number of carbonyl (C=O) groups is 2. The fourth-order valence-corrected chi connectivity index (χ4v) is 3.84. The molecule has 1 unspecified atom stereocenters. The van der Waals surface area contributed by atoms with Crippen molar-refractivity contribution < 1.29 is 19.4 Å². The highest BCUT2D eigenvalue weighted by atomic mass is 79.9. The van der Waals surface area contributed by atoms with Gasteiger partial charge in [-0.25, -0.2) is 4.98 Å². The lowest BCUT2D eigenvalue weighted by Crippen LogP contribution is -2.42. The Balaban J connectivity index is 1.53. The number of H-pyrrole nitrogens is 1. The first-order valence-corrected chi connectivity index (χ1v) is 10.3. The normalized spacial score (nSPS) is 15.4. The number of aromatic nitrogens is 2. The maximum absolute atomic E-state index is 12.8. The third-order valence-electron chi connectivity index (χ3n) is 5.02. The fraction of sp³-hybridized carbons (Fsp3) is 0.286. The number of amides is 2. The van der Waals surface area contributed by atoms with Crippen LogP contribution in [0.15, 0.2) is 40.9 Å². The van der Waals surface area contributed by atoms with Crippen LogP contribution in [0.3, 0.4) is 0 Å². The van der Waals surface area contributed by atoms with E-state index in [0.717, 1.165) is 26.8 Å². The number of nitrogens with one attached hydrogen (secondary N) is 2. The second-order valence-corrected chi connectivity index (χ2v) is 8.01. The number of morpholine rings is 1. The summed E-state index contributed by atoms with van der Waals surface area (Å²) in [5.41, 5.74) is 3.57. The topological polar surface area (TPSA) is 108 Å². The number of ether oxygens (including phenoxy) is 1. The van der Waals surface area contributed by atoms with E-state index in [0.29, 0.717) is 24.5 Å². The number of nitrogens with zero attached hydrogens (tertiary/aromatic N) is 2. The number of aliphatic hydroxyl groups excluding tert-OH is 1. The first-order valence-electron chi connectivity index (χ1n) is 9.52. The summed E-state index contributed by atoms with van der Waals surface area (Å²) >= 11 is 3.41. The van der Waals surface area contributed by atoms with Crippen LogP contribution in [0.25, 0.3) is 11.0 Å². The third kappa shape index (κ3) is 4.09. The molecule has 8 nitrogen and oxygen atoms in total. The standard InChI is InChI=1S/C21H21BrN4O4/c1-12-8-13(2-5-18(12)26-6-7-30-11-19(26)28)21(29)25-17(10-27)20-23-15-4-3-14(22)9-16(15)24-20/h2-5,8-9,17,27H,6-7,10-11H2,1H3,(H,23,24)(H,25,29). The van der Waals surface area contributed by atoms with Gasteiger partial charge in [0.15, 0.2) is 0 Å². The lowest BCUT2D eigenvalue weighted by Gasteiger charge is -2.28. The van der Waals surface area contributed by atoms with Gasteiger partial charge in [0, 0.05) is 22.3 Å². The molecule has 0 aliphatic carbocycles. The van der Waals surface area contributed by atoms with Gasteiger partial charge >= 0.3 is 0 Å².